The average molecular weight is 601 g/mol. The summed E-state index contributed by atoms with van der Waals surface area (Å²) in [5, 5.41) is 0. The minimum Gasteiger partial charge on any atom is -0.424 e. The van der Waals surface area contributed by atoms with Gasteiger partial charge in [-0.15, -0.1) is 0 Å². The zero-order valence-corrected chi connectivity index (χ0v) is 26.0. The Morgan fingerprint density at radius 2 is 1.16 bits per heavy atom. The van der Waals surface area contributed by atoms with E-state index >= 15 is 0 Å². The molecule has 0 saturated heterocycles. The highest BCUT2D eigenvalue weighted by molar-refractivity contribution is 5.92. The molecule has 0 fully saturated rings. The molecule has 10 nitrogen and oxygen atoms in total. The van der Waals surface area contributed by atoms with Crippen molar-refractivity contribution >= 4 is 51.3 Å². The molecule has 2 N–H and O–H groups in total. The van der Waals surface area contributed by atoms with Gasteiger partial charge in [0.2, 0.25) is 0 Å². The minimum absolute atomic E-state index is 0.338. The molecule has 3 aromatic rings. The summed E-state index contributed by atoms with van der Waals surface area (Å²) in [5.41, 5.74) is 10.6. The van der Waals surface area contributed by atoms with E-state index in [1.165, 1.54) is 6.92 Å². The van der Waals surface area contributed by atoms with Crippen molar-refractivity contribution in [1.82, 2.24) is 19.9 Å². The van der Waals surface area contributed by atoms with E-state index in [0.29, 0.717) is 56.4 Å². The zero-order valence-electron chi connectivity index (χ0n) is 26.0. The van der Waals surface area contributed by atoms with Crippen molar-refractivity contribution in [2.75, 3.05) is 54.9 Å². The SMILES string of the molecule is COCCC1=Cc2nc1cc(OC(C)=O)c1nc(c3cc(CCOC)c(ccc4[nH]c2cc4CCOC)[nH]3)C=C1CCOC. The van der Waals surface area contributed by atoms with Gasteiger partial charge in [0, 0.05) is 52.5 Å². The first-order valence-electron chi connectivity index (χ1n) is 14.8. The Kier molecular flexibility index (Phi) is 10.4. The minimum atomic E-state index is -0.441. The molecule has 0 unspecified atom stereocenters. The molecule has 0 amide bonds. The summed E-state index contributed by atoms with van der Waals surface area (Å²) in [4.78, 5) is 29.6. The highest BCUT2D eigenvalue weighted by atomic mass is 16.5. The molecule has 0 spiro atoms. The zero-order chi connectivity index (χ0) is 31.1. The van der Waals surface area contributed by atoms with Crippen LogP contribution in [0.4, 0.5) is 0 Å². The number of fused-ring (bicyclic) bond motifs is 10. The fourth-order valence-corrected chi connectivity index (χ4v) is 5.39. The van der Waals surface area contributed by atoms with Gasteiger partial charge in [0.05, 0.1) is 54.5 Å². The maximum Gasteiger partial charge on any atom is 0.308 e. The van der Waals surface area contributed by atoms with E-state index in [2.05, 4.69) is 40.3 Å². The van der Waals surface area contributed by atoms with Gasteiger partial charge in [-0.2, -0.15) is 0 Å². The lowest BCUT2D eigenvalue weighted by Gasteiger charge is -2.08. The first-order valence-corrected chi connectivity index (χ1v) is 14.8. The predicted molar refractivity (Wildman–Crippen MR) is 172 cm³/mol. The van der Waals surface area contributed by atoms with Gasteiger partial charge in [-0.1, -0.05) is 0 Å². The third-order valence-electron chi connectivity index (χ3n) is 7.62. The van der Waals surface area contributed by atoms with E-state index < -0.39 is 5.97 Å². The Morgan fingerprint density at radius 3 is 1.70 bits per heavy atom. The highest BCUT2D eigenvalue weighted by Crippen LogP contribution is 2.36. The first kappa shape index (κ1) is 31.3. The number of H-pyrrole nitrogens is 2. The number of carbonyl (C=O) groups excluding carboxylic acids is 1. The number of aromatic amines is 2. The van der Waals surface area contributed by atoms with Crippen molar-refractivity contribution in [2.45, 2.75) is 32.6 Å². The monoisotopic (exact) mass is 600 g/mol. The lowest BCUT2D eigenvalue weighted by molar-refractivity contribution is -0.131. The van der Waals surface area contributed by atoms with Gasteiger partial charge in [0.15, 0.2) is 5.75 Å². The van der Waals surface area contributed by atoms with Crippen molar-refractivity contribution in [3.05, 3.63) is 64.2 Å². The number of nitrogens with zero attached hydrogens (tertiary/aromatic N) is 2. The van der Waals surface area contributed by atoms with Crippen molar-refractivity contribution in [1.29, 1.82) is 0 Å². The molecule has 8 bridgehead atoms. The van der Waals surface area contributed by atoms with Gasteiger partial charge >= 0.3 is 5.97 Å². The van der Waals surface area contributed by atoms with Gasteiger partial charge in [-0.3, -0.25) is 4.79 Å². The van der Waals surface area contributed by atoms with Crippen molar-refractivity contribution in [3.8, 4) is 5.75 Å². The van der Waals surface area contributed by atoms with Gasteiger partial charge < -0.3 is 33.7 Å². The molecule has 0 aliphatic carbocycles. The van der Waals surface area contributed by atoms with E-state index in [1.54, 1.807) is 28.4 Å². The summed E-state index contributed by atoms with van der Waals surface area (Å²) in [6.45, 7) is 3.57. The molecular formula is C34H40N4O6. The highest BCUT2D eigenvalue weighted by Gasteiger charge is 2.21. The lowest BCUT2D eigenvalue weighted by atomic mass is 10.1. The second-order valence-corrected chi connectivity index (χ2v) is 10.7. The predicted octanol–water partition coefficient (Wildman–Crippen LogP) is 5.77. The second-order valence-electron chi connectivity index (χ2n) is 10.7. The summed E-state index contributed by atoms with van der Waals surface area (Å²) in [5.74, 6) is -0.103. The van der Waals surface area contributed by atoms with Gasteiger partial charge in [-0.25, -0.2) is 9.97 Å². The Hall–Kier alpha value is -4.09. The van der Waals surface area contributed by atoms with Crippen LogP contribution >= 0.6 is 0 Å². The van der Waals surface area contributed by atoms with E-state index in [0.717, 1.165) is 68.6 Å². The molecule has 0 atom stereocenters. The molecule has 0 aromatic carbocycles. The molecular weight excluding hydrogens is 560 g/mol. The third-order valence-corrected chi connectivity index (χ3v) is 7.62. The fraction of sp³-hybridized carbons (Fsp3) is 0.382. The Bertz CT molecular complexity index is 1730. The summed E-state index contributed by atoms with van der Waals surface area (Å²) >= 11 is 0. The number of esters is 1. The topological polar surface area (TPSA) is 121 Å². The van der Waals surface area contributed by atoms with E-state index in [9.17, 15) is 4.79 Å². The van der Waals surface area contributed by atoms with E-state index in [-0.39, 0.29) is 0 Å². The molecule has 44 heavy (non-hydrogen) atoms. The number of hydrogen-bond donors (Lipinski definition) is 2. The van der Waals surface area contributed by atoms with Crippen LogP contribution in [0.2, 0.25) is 0 Å². The molecule has 5 rings (SSSR count). The van der Waals surface area contributed by atoms with Crippen LogP contribution in [0.1, 0.15) is 53.7 Å². The summed E-state index contributed by atoms with van der Waals surface area (Å²) in [6, 6.07) is 10.2. The largest absolute Gasteiger partial charge is 0.424 e. The Labute approximate surface area is 257 Å². The molecule has 10 heteroatoms. The number of methoxy groups -OCH3 is 4. The van der Waals surface area contributed by atoms with Crippen LogP contribution in [-0.4, -0.2) is 80.8 Å². The molecule has 2 aliphatic rings. The number of carbonyl (C=O) groups is 1. The smallest absolute Gasteiger partial charge is 0.308 e. The van der Waals surface area contributed by atoms with Gasteiger partial charge in [0.1, 0.15) is 5.69 Å². The molecule has 0 saturated carbocycles. The van der Waals surface area contributed by atoms with Crippen LogP contribution in [0.15, 0.2) is 30.3 Å². The molecule has 3 aromatic heterocycles. The van der Waals surface area contributed by atoms with Crippen LogP contribution in [0.5, 0.6) is 5.75 Å². The van der Waals surface area contributed by atoms with E-state index in [1.807, 2.05) is 12.1 Å². The van der Waals surface area contributed by atoms with Crippen LogP contribution < -0.4 is 4.74 Å². The quantitative estimate of drug-likeness (QED) is 0.237. The fourth-order valence-electron chi connectivity index (χ4n) is 5.39. The maximum atomic E-state index is 12.4. The Morgan fingerprint density at radius 1 is 0.659 bits per heavy atom. The summed E-state index contributed by atoms with van der Waals surface area (Å²) < 4.78 is 27.5. The lowest BCUT2D eigenvalue weighted by Crippen LogP contribution is -2.04. The molecule has 232 valence electrons. The maximum absolute atomic E-state index is 12.4. The number of ether oxygens (including phenoxy) is 5. The van der Waals surface area contributed by atoms with Crippen molar-refractivity contribution in [2.24, 2.45) is 0 Å². The Balaban J connectivity index is 1.87. The van der Waals surface area contributed by atoms with Crippen LogP contribution in [-0.2, 0) is 36.6 Å². The normalized spacial score (nSPS) is 12.8. The molecule has 5 heterocycles. The van der Waals surface area contributed by atoms with E-state index in [4.69, 9.17) is 33.7 Å². The molecule has 0 radical (unpaired) electrons. The van der Waals surface area contributed by atoms with Gasteiger partial charge in [0.25, 0.3) is 0 Å². The summed E-state index contributed by atoms with van der Waals surface area (Å²) in [6.07, 6.45) is 6.78. The van der Waals surface area contributed by atoms with Crippen LogP contribution in [0, 0.1) is 0 Å². The van der Waals surface area contributed by atoms with Crippen molar-refractivity contribution < 1.29 is 28.5 Å². The number of nitrogens with one attached hydrogen (secondary N) is 2. The van der Waals surface area contributed by atoms with Crippen LogP contribution in [0.25, 0.3) is 45.4 Å². The van der Waals surface area contributed by atoms with Crippen molar-refractivity contribution in [3.63, 3.8) is 0 Å². The first-order chi connectivity index (χ1) is 21.4. The molecule has 2 aliphatic heterocycles. The second kappa shape index (κ2) is 14.6. The number of rotatable bonds is 13. The van der Waals surface area contributed by atoms with Crippen LogP contribution in [0.3, 0.4) is 0 Å². The number of aromatic nitrogens is 4. The third kappa shape index (κ3) is 7.16. The summed E-state index contributed by atoms with van der Waals surface area (Å²) in [7, 11) is 6.74. The number of hydrogen-bond acceptors (Lipinski definition) is 8. The average Bonchev–Trinajstić information content (AvgIpc) is 3.79. The standard InChI is InChI=1S/C34H40N4O6/c1-21(39)44-33-20-28-24(10-14-42-4)18-30(37-28)29-16-22(8-12-40-2)26(35-29)6-7-27-23(9-13-41-3)17-31(36-27)32-19-25(11-15-43-5)34(33)38-32/h6-7,16-20,35-36H,8-15H2,1-5H3. The van der Waals surface area contributed by atoms with Gasteiger partial charge in [-0.05, 0) is 84.4 Å².